The van der Waals surface area contributed by atoms with Crippen LogP contribution >= 0.6 is 8.03 Å². The van der Waals surface area contributed by atoms with Crippen LogP contribution in [0, 0.1) is 0 Å². The molecule has 0 fully saturated rings. The molecule has 3 atom stereocenters. The zero-order chi connectivity index (χ0) is 33.2. The molecule has 0 saturated carbocycles. The summed E-state index contributed by atoms with van der Waals surface area (Å²) in [4.78, 5) is 25.3. The van der Waals surface area contributed by atoms with Crippen molar-refractivity contribution in [2.24, 2.45) is 0 Å². The zero-order valence-electron chi connectivity index (χ0n) is 29.7. The highest BCUT2D eigenvalue weighted by atomic mass is 31.1. The summed E-state index contributed by atoms with van der Waals surface area (Å²) in [7, 11) is -2.65. The number of rotatable bonds is 36. The van der Waals surface area contributed by atoms with Gasteiger partial charge in [-0.05, 0) is 12.8 Å². The molecule has 1 amide bonds. The van der Waals surface area contributed by atoms with E-state index in [9.17, 15) is 24.5 Å². The SMILES string of the molecule is CCCCCCCCCCCCCCCCOCC(O)CN(CC[P+](=O)[O-])C(=O)C(O)CCCCCCCCCCCCCC. The maximum absolute atomic E-state index is 12.9. The first-order valence-electron chi connectivity index (χ1n) is 19.3. The summed E-state index contributed by atoms with van der Waals surface area (Å²) in [5.41, 5.74) is 0. The van der Waals surface area contributed by atoms with Crippen LogP contribution in [0.5, 0.6) is 0 Å². The number of nitrogens with zero attached hydrogens (tertiary/aromatic N) is 1. The van der Waals surface area contributed by atoms with Gasteiger partial charge in [-0.2, -0.15) is 0 Å². The lowest BCUT2D eigenvalue weighted by Gasteiger charge is -2.26. The molecule has 0 spiro atoms. The number of hydrogen-bond donors (Lipinski definition) is 2. The molecule has 3 unspecified atom stereocenters. The summed E-state index contributed by atoms with van der Waals surface area (Å²) in [6, 6.07) is 0. The van der Waals surface area contributed by atoms with E-state index in [-0.39, 0.29) is 25.9 Å². The molecule has 0 heterocycles. The first-order valence-corrected chi connectivity index (χ1v) is 20.6. The van der Waals surface area contributed by atoms with Crippen molar-refractivity contribution in [2.75, 3.05) is 32.5 Å². The number of carbonyl (C=O) groups excluding carboxylic acids is 1. The Balaban J connectivity index is 3.95. The fourth-order valence-electron chi connectivity index (χ4n) is 5.93. The average molecular weight is 660 g/mol. The van der Waals surface area contributed by atoms with E-state index in [2.05, 4.69) is 13.8 Å². The van der Waals surface area contributed by atoms with Crippen LogP contribution in [-0.4, -0.2) is 65.7 Å². The maximum atomic E-state index is 12.9. The third kappa shape index (κ3) is 31.8. The number of amides is 1. The van der Waals surface area contributed by atoms with Gasteiger partial charge < -0.3 is 24.7 Å². The van der Waals surface area contributed by atoms with Gasteiger partial charge in [0.15, 0.2) is 6.16 Å². The van der Waals surface area contributed by atoms with Crippen molar-refractivity contribution in [3.05, 3.63) is 0 Å². The van der Waals surface area contributed by atoms with E-state index in [4.69, 9.17) is 4.74 Å². The summed E-state index contributed by atoms with van der Waals surface area (Å²) >= 11 is 0. The van der Waals surface area contributed by atoms with Crippen LogP contribution in [0.2, 0.25) is 0 Å². The second kappa shape index (κ2) is 34.7. The number of hydrogen-bond acceptors (Lipinski definition) is 6. The monoisotopic (exact) mass is 660 g/mol. The lowest BCUT2D eigenvalue weighted by atomic mass is 10.0. The van der Waals surface area contributed by atoms with E-state index >= 15 is 0 Å². The lowest BCUT2D eigenvalue weighted by molar-refractivity contribution is -0.164. The van der Waals surface area contributed by atoms with Gasteiger partial charge in [-0.15, -0.1) is 0 Å². The highest BCUT2D eigenvalue weighted by Crippen LogP contribution is 2.16. The van der Waals surface area contributed by atoms with Crippen molar-refractivity contribution in [2.45, 2.75) is 199 Å². The van der Waals surface area contributed by atoms with Crippen LogP contribution in [0.15, 0.2) is 0 Å². The van der Waals surface area contributed by atoms with Gasteiger partial charge in [0.25, 0.3) is 5.91 Å². The van der Waals surface area contributed by atoms with Crippen LogP contribution in [0.25, 0.3) is 0 Å². The first kappa shape index (κ1) is 44.4. The van der Waals surface area contributed by atoms with Crippen molar-refractivity contribution < 1.29 is 29.2 Å². The number of carbonyl (C=O) groups is 1. The van der Waals surface area contributed by atoms with E-state index in [1.54, 1.807) is 0 Å². The van der Waals surface area contributed by atoms with Crippen LogP contribution < -0.4 is 4.89 Å². The topological polar surface area (TPSA) is 110 Å². The minimum Gasteiger partial charge on any atom is -0.596 e. The lowest BCUT2D eigenvalue weighted by Crippen LogP contribution is -2.45. The normalized spacial score (nSPS) is 13.2. The molecule has 268 valence electrons. The number of unbranched alkanes of at least 4 members (excludes halogenated alkanes) is 24. The quantitative estimate of drug-likeness (QED) is 0.0513. The van der Waals surface area contributed by atoms with Gasteiger partial charge in [-0.25, -0.2) is 0 Å². The summed E-state index contributed by atoms with van der Waals surface area (Å²) < 4.78 is 16.8. The van der Waals surface area contributed by atoms with Gasteiger partial charge in [0.05, 0.1) is 19.3 Å². The van der Waals surface area contributed by atoms with Crippen molar-refractivity contribution in [3.63, 3.8) is 0 Å². The van der Waals surface area contributed by atoms with Crippen molar-refractivity contribution in [1.82, 2.24) is 4.90 Å². The van der Waals surface area contributed by atoms with Gasteiger partial charge in [-0.3, -0.25) is 4.79 Å². The second-order valence-corrected chi connectivity index (χ2v) is 14.5. The number of aliphatic hydroxyl groups is 2. The highest BCUT2D eigenvalue weighted by molar-refractivity contribution is 7.36. The Morgan fingerprint density at radius 1 is 0.644 bits per heavy atom. The molecule has 0 aliphatic carbocycles. The molecular formula is C37H74NO6P. The average Bonchev–Trinajstić information content (AvgIpc) is 3.02. The molecule has 0 aromatic heterocycles. The molecular weight excluding hydrogens is 585 g/mol. The number of aliphatic hydroxyl groups excluding tert-OH is 2. The third-order valence-corrected chi connectivity index (χ3v) is 9.43. The predicted octanol–water partition coefficient (Wildman–Crippen LogP) is 9.23. The number of ether oxygens (including phenoxy) is 1. The smallest absolute Gasteiger partial charge is 0.310 e. The highest BCUT2D eigenvalue weighted by Gasteiger charge is 2.25. The minimum absolute atomic E-state index is 0.0247. The van der Waals surface area contributed by atoms with E-state index in [1.165, 1.54) is 140 Å². The Hall–Kier alpha value is -0.590. The Bertz CT molecular complexity index is 652. The Labute approximate surface area is 279 Å². The maximum Gasteiger partial charge on any atom is 0.310 e. The fraction of sp³-hybridized carbons (Fsp3) is 0.973. The van der Waals surface area contributed by atoms with Crippen LogP contribution in [0.1, 0.15) is 187 Å². The second-order valence-electron chi connectivity index (χ2n) is 13.4. The predicted molar refractivity (Wildman–Crippen MR) is 188 cm³/mol. The molecule has 0 radical (unpaired) electrons. The van der Waals surface area contributed by atoms with Crippen molar-refractivity contribution >= 4 is 13.9 Å². The van der Waals surface area contributed by atoms with Crippen molar-refractivity contribution in [1.29, 1.82) is 0 Å². The third-order valence-electron chi connectivity index (χ3n) is 8.86. The molecule has 2 N–H and O–H groups in total. The molecule has 0 aromatic rings. The summed E-state index contributed by atoms with van der Waals surface area (Å²) in [5.74, 6) is -0.499. The van der Waals surface area contributed by atoms with Gasteiger partial charge in [0, 0.05) is 13.2 Å². The zero-order valence-corrected chi connectivity index (χ0v) is 30.6. The van der Waals surface area contributed by atoms with E-state index in [0.717, 1.165) is 32.1 Å². The summed E-state index contributed by atoms with van der Waals surface area (Å²) in [6.07, 6.45) is 30.8. The van der Waals surface area contributed by atoms with Crippen LogP contribution in [-0.2, 0) is 14.1 Å². The standard InChI is InChI=1S/C37H74NO6P/c1-3-5-7-9-11-13-15-17-18-20-22-24-26-28-31-44-34-35(39)33-38(30-32-45(42)43)37(41)36(40)29-27-25-23-21-19-16-14-12-10-8-6-4-2/h35-36,39-40H,3-34H2,1-2H3. The molecule has 7 nitrogen and oxygen atoms in total. The van der Waals surface area contributed by atoms with E-state index in [1.807, 2.05) is 0 Å². The van der Waals surface area contributed by atoms with Gasteiger partial charge in [0.1, 0.15) is 6.10 Å². The summed E-state index contributed by atoms with van der Waals surface area (Å²) in [6.45, 7) is 5.11. The molecule has 0 rings (SSSR count). The van der Waals surface area contributed by atoms with Crippen LogP contribution in [0.3, 0.4) is 0 Å². The van der Waals surface area contributed by atoms with Crippen LogP contribution in [0.4, 0.5) is 0 Å². The van der Waals surface area contributed by atoms with E-state index in [0.29, 0.717) is 13.0 Å². The van der Waals surface area contributed by atoms with E-state index < -0.39 is 26.1 Å². The molecule has 0 aromatic carbocycles. The molecule has 0 aliphatic heterocycles. The van der Waals surface area contributed by atoms with Crippen molar-refractivity contribution in [3.8, 4) is 0 Å². The first-order chi connectivity index (χ1) is 21.9. The van der Waals surface area contributed by atoms with Gasteiger partial charge in [0.2, 0.25) is 0 Å². The largest absolute Gasteiger partial charge is 0.596 e. The molecule has 0 bridgehead atoms. The minimum atomic E-state index is -2.65. The summed E-state index contributed by atoms with van der Waals surface area (Å²) in [5, 5.41) is 21.0. The molecule has 0 aliphatic rings. The Morgan fingerprint density at radius 3 is 1.42 bits per heavy atom. The molecule has 8 heteroatoms. The molecule has 0 saturated heterocycles. The Morgan fingerprint density at radius 2 is 1.02 bits per heavy atom. The molecule has 45 heavy (non-hydrogen) atoms. The van der Waals surface area contributed by atoms with Gasteiger partial charge in [-0.1, -0.05) is 179 Å². The fourth-order valence-corrected chi connectivity index (χ4v) is 6.34. The Kier molecular flexibility index (Phi) is 34.3. The van der Waals surface area contributed by atoms with Gasteiger partial charge >= 0.3 is 8.03 Å².